The number of hydrogen-bond acceptors (Lipinski definition) is 3. The Balaban J connectivity index is 1.92. The van der Waals surface area contributed by atoms with E-state index in [4.69, 9.17) is 14.2 Å². The van der Waals surface area contributed by atoms with Crippen molar-refractivity contribution in [3.63, 3.8) is 0 Å². The van der Waals surface area contributed by atoms with Crippen molar-refractivity contribution in [1.82, 2.24) is 0 Å². The summed E-state index contributed by atoms with van der Waals surface area (Å²) >= 11 is 0. The van der Waals surface area contributed by atoms with E-state index >= 15 is 0 Å². The highest BCUT2D eigenvalue weighted by Crippen LogP contribution is 2.36. The van der Waals surface area contributed by atoms with E-state index < -0.39 is 0 Å². The van der Waals surface area contributed by atoms with Gasteiger partial charge in [0.15, 0.2) is 11.5 Å². The number of hydrogen-bond donors (Lipinski definition) is 0. The van der Waals surface area contributed by atoms with Crippen molar-refractivity contribution in [3.8, 4) is 17.2 Å². The van der Waals surface area contributed by atoms with Crippen molar-refractivity contribution in [3.05, 3.63) is 59.2 Å². The molecule has 0 spiro atoms. The summed E-state index contributed by atoms with van der Waals surface area (Å²) in [5, 5.41) is 0. The third kappa shape index (κ3) is 2.59. The number of ether oxygens (including phenoxy) is 3. The normalized spacial score (nSPS) is 16.0. The lowest BCUT2D eigenvalue weighted by Gasteiger charge is -2.22. The topological polar surface area (TPSA) is 27.7 Å². The Hall–Kier alpha value is -2.42. The molecule has 1 aliphatic rings. The molecule has 0 saturated heterocycles. The maximum Gasteiger partial charge on any atom is 0.161 e. The van der Waals surface area contributed by atoms with Crippen LogP contribution >= 0.6 is 0 Å². The van der Waals surface area contributed by atoms with Gasteiger partial charge in [-0.15, -0.1) is 0 Å². The van der Waals surface area contributed by atoms with Gasteiger partial charge in [-0.3, -0.25) is 0 Å². The van der Waals surface area contributed by atoms with Crippen LogP contribution in [-0.4, -0.2) is 14.2 Å². The lowest BCUT2D eigenvalue weighted by molar-refractivity contribution is 0.250. The van der Waals surface area contributed by atoms with Gasteiger partial charge in [0.05, 0.1) is 14.2 Å². The molecule has 0 amide bonds. The average Bonchev–Trinajstić information content (AvgIpc) is 2.53. The van der Waals surface area contributed by atoms with Crippen LogP contribution in [0.4, 0.5) is 0 Å². The second-order valence-corrected chi connectivity index (χ2v) is 5.05. The van der Waals surface area contributed by atoms with Crippen molar-refractivity contribution in [1.29, 1.82) is 0 Å². The van der Waals surface area contributed by atoms with Gasteiger partial charge in [-0.2, -0.15) is 0 Å². The quantitative estimate of drug-likeness (QED) is 0.846. The molecule has 1 aliphatic heterocycles. The molecular formula is C18H18O3. The summed E-state index contributed by atoms with van der Waals surface area (Å²) in [6, 6.07) is 12.0. The molecule has 1 atom stereocenters. The van der Waals surface area contributed by atoms with E-state index in [1.54, 1.807) is 14.2 Å². The van der Waals surface area contributed by atoms with Gasteiger partial charge in [-0.25, -0.2) is 0 Å². The van der Waals surface area contributed by atoms with E-state index in [0.29, 0.717) is 5.75 Å². The molecule has 2 aromatic carbocycles. The first-order chi connectivity index (χ1) is 10.2. The molecule has 0 radical (unpaired) electrons. The summed E-state index contributed by atoms with van der Waals surface area (Å²) in [4.78, 5) is 0. The number of rotatable bonds is 3. The smallest absolute Gasteiger partial charge is 0.161 e. The Morgan fingerprint density at radius 3 is 2.52 bits per heavy atom. The molecule has 3 nitrogen and oxygen atoms in total. The van der Waals surface area contributed by atoms with E-state index in [9.17, 15) is 0 Å². The Morgan fingerprint density at radius 2 is 1.76 bits per heavy atom. The zero-order valence-electron chi connectivity index (χ0n) is 12.4. The Bertz CT molecular complexity index is 689. The fraction of sp³-hybridized carbons (Fsp3) is 0.222. The Labute approximate surface area is 124 Å². The van der Waals surface area contributed by atoms with Gasteiger partial charge in [0.2, 0.25) is 0 Å². The standard InChI is InChI=1S/C18H18O3/c1-12-4-7-15-13(10-12)5-8-16(21-15)14-6-9-17(19-2)18(11-14)20-3/h4-11,16H,1-3H3. The molecular weight excluding hydrogens is 264 g/mol. The summed E-state index contributed by atoms with van der Waals surface area (Å²) in [5.41, 5.74) is 3.38. The molecule has 0 saturated carbocycles. The number of methoxy groups -OCH3 is 2. The SMILES string of the molecule is COc1ccc(C2C=Cc3cc(C)ccc3O2)cc1OC. The zero-order chi connectivity index (χ0) is 14.8. The van der Waals surface area contributed by atoms with Crippen LogP contribution in [0.25, 0.3) is 6.08 Å². The Morgan fingerprint density at radius 1 is 0.952 bits per heavy atom. The van der Waals surface area contributed by atoms with Crippen molar-refractivity contribution >= 4 is 6.08 Å². The van der Waals surface area contributed by atoms with Crippen LogP contribution in [0.1, 0.15) is 22.8 Å². The van der Waals surface area contributed by atoms with E-state index in [1.807, 2.05) is 24.3 Å². The van der Waals surface area contributed by atoms with E-state index in [0.717, 1.165) is 22.6 Å². The predicted molar refractivity (Wildman–Crippen MR) is 83.1 cm³/mol. The van der Waals surface area contributed by atoms with Crippen molar-refractivity contribution < 1.29 is 14.2 Å². The van der Waals surface area contributed by atoms with Crippen LogP contribution in [0.2, 0.25) is 0 Å². The van der Waals surface area contributed by atoms with Crippen molar-refractivity contribution in [2.24, 2.45) is 0 Å². The fourth-order valence-corrected chi connectivity index (χ4v) is 2.48. The summed E-state index contributed by atoms with van der Waals surface area (Å²) in [6.45, 7) is 2.08. The number of aryl methyl sites for hydroxylation is 1. The first-order valence-electron chi connectivity index (χ1n) is 6.88. The largest absolute Gasteiger partial charge is 0.493 e. The van der Waals surface area contributed by atoms with Gasteiger partial charge < -0.3 is 14.2 Å². The first-order valence-corrected chi connectivity index (χ1v) is 6.88. The highest BCUT2D eigenvalue weighted by Gasteiger charge is 2.18. The maximum absolute atomic E-state index is 6.06. The minimum absolute atomic E-state index is 0.111. The van der Waals surface area contributed by atoms with Gasteiger partial charge in [-0.1, -0.05) is 23.8 Å². The van der Waals surface area contributed by atoms with Crippen LogP contribution in [0, 0.1) is 6.92 Å². The molecule has 2 aromatic rings. The number of fused-ring (bicyclic) bond motifs is 1. The van der Waals surface area contributed by atoms with Crippen molar-refractivity contribution in [2.45, 2.75) is 13.0 Å². The molecule has 0 fully saturated rings. The molecule has 0 aliphatic carbocycles. The van der Waals surface area contributed by atoms with E-state index in [-0.39, 0.29) is 6.10 Å². The molecule has 0 N–H and O–H groups in total. The van der Waals surface area contributed by atoms with Gasteiger partial charge >= 0.3 is 0 Å². The maximum atomic E-state index is 6.06. The van der Waals surface area contributed by atoms with E-state index in [1.165, 1.54) is 5.56 Å². The van der Waals surface area contributed by atoms with E-state index in [2.05, 4.69) is 31.2 Å². The van der Waals surface area contributed by atoms with Gasteiger partial charge in [0.25, 0.3) is 0 Å². The molecule has 3 rings (SSSR count). The third-order valence-electron chi connectivity index (χ3n) is 3.61. The van der Waals surface area contributed by atoms with Gasteiger partial charge in [0.1, 0.15) is 11.9 Å². The molecule has 0 aromatic heterocycles. The minimum Gasteiger partial charge on any atom is -0.493 e. The first kappa shape index (κ1) is 13.6. The van der Waals surface area contributed by atoms with Crippen molar-refractivity contribution in [2.75, 3.05) is 14.2 Å². The Kier molecular flexibility index (Phi) is 3.57. The molecule has 1 heterocycles. The van der Waals surface area contributed by atoms with Crippen LogP contribution in [0.3, 0.4) is 0 Å². The summed E-state index contributed by atoms with van der Waals surface area (Å²) in [7, 11) is 3.27. The minimum atomic E-state index is -0.111. The second-order valence-electron chi connectivity index (χ2n) is 5.05. The molecule has 0 bridgehead atoms. The van der Waals surface area contributed by atoms with Crippen LogP contribution < -0.4 is 14.2 Å². The average molecular weight is 282 g/mol. The highest BCUT2D eigenvalue weighted by atomic mass is 16.5. The number of benzene rings is 2. The highest BCUT2D eigenvalue weighted by molar-refractivity contribution is 5.61. The molecule has 1 unspecified atom stereocenters. The van der Waals surface area contributed by atoms with Crippen LogP contribution in [0.5, 0.6) is 17.2 Å². The zero-order valence-corrected chi connectivity index (χ0v) is 12.4. The van der Waals surface area contributed by atoms with Gasteiger partial charge in [0, 0.05) is 11.1 Å². The molecule has 108 valence electrons. The van der Waals surface area contributed by atoms with Gasteiger partial charge in [-0.05, 0) is 37.3 Å². The predicted octanol–water partition coefficient (Wildman–Crippen LogP) is 4.16. The van der Waals surface area contributed by atoms with Crippen LogP contribution in [-0.2, 0) is 0 Å². The molecule has 3 heteroatoms. The molecule has 21 heavy (non-hydrogen) atoms. The van der Waals surface area contributed by atoms with Crippen LogP contribution in [0.15, 0.2) is 42.5 Å². The lowest BCUT2D eigenvalue weighted by atomic mass is 10.0. The summed E-state index contributed by atoms with van der Waals surface area (Å²) in [5.74, 6) is 2.33. The fourth-order valence-electron chi connectivity index (χ4n) is 2.48. The summed E-state index contributed by atoms with van der Waals surface area (Å²) < 4.78 is 16.7. The monoisotopic (exact) mass is 282 g/mol. The second kappa shape index (κ2) is 5.52. The lowest BCUT2D eigenvalue weighted by Crippen LogP contribution is -2.09. The third-order valence-corrected chi connectivity index (χ3v) is 3.61. The summed E-state index contributed by atoms with van der Waals surface area (Å²) in [6.07, 6.45) is 4.05.